The molecular formula is C21H29NO2. The van der Waals surface area contributed by atoms with Crippen LogP contribution >= 0.6 is 0 Å². The second-order valence-electron chi connectivity index (χ2n) is 6.88. The summed E-state index contributed by atoms with van der Waals surface area (Å²) in [6.45, 7) is 7.52. The van der Waals surface area contributed by atoms with Gasteiger partial charge in [-0.25, -0.2) is 0 Å². The molecule has 0 spiro atoms. The Morgan fingerprint density at radius 1 is 1.17 bits per heavy atom. The highest BCUT2D eigenvalue weighted by molar-refractivity contribution is 5.84. The first-order valence-corrected chi connectivity index (χ1v) is 8.72. The van der Waals surface area contributed by atoms with Crippen LogP contribution in [0.5, 0.6) is 5.75 Å². The Hall–Kier alpha value is -1.87. The number of fused-ring (bicyclic) bond motifs is 1. The minimum Gasteiger partial charge on any atom is -0.497 e. The molecule has 1 saturated carbocycles. The van der Waals surface area contributed by atoms with Crippen LogP contribution < -0.4 is 10.1 Å². The van der Waals surface area contributed by atoms with Crippen molar-refractivity contribution >= 4 is 16.6 Å². The van der Waals surface area contributed by atoms with Crippen LogP contribution in [-0.4, -0.2) is 26.0 Å². The number of carbonyl (C=O) groups excluding carboxylic acids is 1. The maximum absolute atomic E-state index is 10.6. The molecule has 3 nitrogen and oxygen atoms in total. The summed E-state index contributed by atoms with van der Waals surface area (Å²) in [4.78, 5) is 10.6. The van der Waals surface area contributed by atoms with Crippen LogP contribution in [0, 0.1) is 12.3 Å². The zero-order chi connectivity index (χ0) is 17.6. The molecular weight excluding hydrogens is 298 g/mol. The molecule has 3 heteroatoms. The van der Waals surface area contributed by atoms with E-state index in [2.05, 4.69) is 49.5 Å². The van der Waals surface area contributed by atoms with E-state index in [-0.39, 0.29) is 5.78 Å². The Balaban J connectivity index is 0.000000177. The van der Waals surface area contributed by atoms with Gasteiger partial charge in [-0.15, -0.1) is 0 Å². The lowest BCUT2D eigenvalue weighted by Gasteiger charge is -2.11. The topological polar surface area (TPSA) is 38.3 Å². The summed E-state index contributed by atoms with van der Waals surface area (Å²) in [5, 5.41) is 5.68. The van der Waals surface area contributed by atoms with Crippen molar-refractivity contribution in [3.8, 4) is 5.75 Å². The highest BCUT2D eigenvalue weighted by Gasteiger charge is 2.39. The Labute approximate surface area is 145 Å². The van der Waals surface area contributed by atoms with Crippen molar-refractivity contribution in [3.05, 3.63) is 42.0 Å². The molecule has 2 aromatic rings. The SMILES string of the molecule is CCC1(CNCC(C)=O)CC1.COc1ccc2cc(C)ccc2c1. The second-order valence-corrected chi connectivity index (χ2v) is 6.88. The summed E-state index contributed by atoms with van der Waals surface area (Å²) in [5.74, 6) is 1.15. The first-order valence-electron chi connectivity index (χ1n) is 8.72. The van der Waals surface area contributed by atoms with Crippen LogP contribution in [0.2, 0.25) is 0 Å². The molecule has 0 atom stereocenters. The van der Waals surface area contributed by atoms with E-state index < -0.39 is 0 Å². The first-order chi connectivity index (χ1) is 11.5. The lowest BCUT2D eigenvalue weighted by atomic mass is 10.0. The van der Waals surface area contributed by atoms with Crippen molar-refractivity contribution in [1.29, 1.82) is 0 Å². The summed E-state index contributed by atoms with van der Waals surface area (Å²) in [7, 11) is 1.69. The molecule has 130 valence electrons. The molecule has 0 amide bonds. The van der Waals surface area contributed by atoms with Gasteiger partial charge in [0.15, 0.2) is 0 Å². The molecule has 0 radical (unpaired) electrons. The third kappa shape index (κ3) is 5.34. The molecule has 2 aromatic carbocycles. The average Bonchev–Trinajstić information content (AvgIpc) is 3.35. The molecule has 1 N–H and O–H groups in total. The number of nitrogens with one attached hydrogen (secondary N) is 1. The van der Waals surface area contributed by atoms with Crippen molar-refractivity contribution < 1.29 is 9.53 Å². The zero-order valence-corrected chi connectivity index (χ0v) is 15.3. The van der Waals surface area contributed by atoms with Crippen LogP contribution in [0.15, 0.2) is 36.4 Å². The number of ether oxygens (including phenoxy) is 1. The van der Waals surface area contributed by atoms with Gasteiger partial charge in [-0.05, 0) is 61.4 Å². The van der Waals surface area contributed by atoms with E-state index in [0.29, 0.717) is 12.0 Å². The average molecular weight is 327 g/mol. The minimum atomic E-state index is 0.233. The summed E-state index contributed by atoms with van der Waals surface area (Å²) < 4.78 is 5.15. The fourth-order valence-electron chi connectivity index (χ4n) is 2.81. The third-order valence-corrected chi connectivity index (χ3v) is 4.78. The molecule has 0 unspecified atom stereocenters. The van der Waals surface area contributed by atoms with Crippen molar-refractivity contribution in [2.75, 3.05) is 20.2 Å². The largest absolute Gasteiger partial charge is 0.497 e. The van der Waals surface area contributed by atoms with Gasteiger partial charge in [0.05, 0.1) is 13.7 Å². The number of hydrogen-bond acceptors (Lipinski definition) is 3. The molecule has 0 aromatic heterocycles. The Morgan fingerprint density at radius 2 is 1.83 bits per heavy atom. The molecule has 0 saturated heterocycles. The van der Waals surface area contributed by atoms with Gasteiger partial charge in [-0.1, -0.05) is 36.8 Å². The van der Waals surface area contributed by atoms with Crippen molar-refractivity contribution in [1.82, 2.24) is 5.32 Å². The van der Waals surface area contributed by atoms with Crippen LogP contribution in [-0.2, 0) is 4.79 Å². The second kappa shape index (κ2) is 8.29. The lowest BCUT2D eigenvalue weighted by Crippen LogP contribution is -2.27. The number of methoxy groups -OCH3 is 1. The molecule has 1 fully saturated rings. The van der Waals surface area contributed by atoms with E-state index in [1.165, 1.54) is 35.6 Å². The van der Waals surface area contributed by atoms with Crippen LogP contribution in [0.4, 0.5) is 0 Å². The summed E-state index contributed by atoms with van der Waals surface area (Å²) in [6.07, 6.45) is 3.93. The van der Waals surface area contributed by atoms with Gasteiger partial charge in [0, 0.05) is 6.54 Å². The molecule has 0 aliphatic heterocycles. The monoisotopic (exact) mass is 327 g/mol. The fraction of sp³-hybridized carbons (Fsp3) is 0.476. The molecule has 24 heavy (non-hydrogen) atoms. The fourth-order valence-corrected chi connectivity index (χ4v) is 2.81. The van der Waals surface area contributed by atoms with E-state index in [1.807, 2.05) is 6.07 Å². The minimum absolute atomic E-state index is 0.233. The maximum atomic E-state index is 10.6. The van der Waals surface area contributed by atoms with Crippen molar-refractivity contribution in [2.45, 2.75) is 40.0 Å². The van der Waals surface area contributed by atoms with E-state index in [4.69, 9.17) is 4.74 Å². The number of ketones is 1. The van der Waals surface area contributed by atoms with Gasteiger partial charge < -0.3 is 10.1 Å². The maximum Gasteiger partial charge on any atom is 0.143 e. The smallest absolute Gasteiger partial charge is 0.143 e. The number of hydrogen-bond donors (Lipinski definition) is 1. The molecule has 0 bridgehead atoms. The summed E-state index contributed by atoms with van der Waals surface area (Å²) in [6, 6.07) is 12.5. The number of carbonyl (C=O) groups is 1. The number of rotatable bonds is 6. The standard InChI is InChI=1S/C12H12O.C9H17NO/c1-9-3-4-11-8-12(13-2)6-5-10(11)7-9;1-3-9(4-5-9)7-10-6-8(2)11/h3-8H,1-2H3;10H,3-7H2,1-2H3. The Bertz CT molecular complexity index is 689. The summed E-state index contributed by atoms with van der Waals surface area (Å²) >= 11 is 0. The third-order valence-electron chi connectivity index (χ3n) is 4.78. The van der Waals surface area contributed by atoms with Gasteiger partial charge in [-0.3, -0.25) is 4.79 Å². The van der Waals surface area contributed by atoms with E-state index in [1.54, 1.807) is 14.0 Å². The predicted octanol–water partition coefficient (Wildman–Crippen LogP) is 4.51. The molecule has 1 aliphatic rings. The van der Waals surface area contributed by atoms with Gasteiger partial charge in [0.25, 0.3) is 0 Å². The Morgan fingerprint density at radius 3 is 2.42 bits per heavy atom. The van der Waals surface area contributed by atoms with Crippen LogP contribution in [0.3, 0.4) is 0 Å². The molecule has 1 aliphatic carbocycles. The number of benzene rings is 2. The first kappa shape index (κ1) is 18.5. The van der Waals surface area contributed by atoms with Gasteiger partial charge in [0.1, 0.15) is 11.5 Å². The number of Topliss-reactive ketones (excluding diaryl/α,β-unsaturated/α-hetero) is 1. The summed E-state index contributed by atoms with van der Waals surface area (Å²) in [5.41, 5.74) is 1.85. The highest BCUT2D eigenvalue weighted by Crippen LogP contribution is 2.47. The van der Waals surface area contributed by atoms with Crippen LogP contribution in [0.1, 0.15) is 38.7 Å². The lowest BCUT2D eigenvalue weighted by molar-refractivity contribution is -0.116. The van der Waals surface area contributed by atoms with E-state index in [0.717, 1.165) is 12.3 Å². The van der Waals surface area contributed by atoms with Gasteiger partial charge in [-0.2, -0.15) is 0 Å². The van der Waals surface area contributed by atoms with Gasteiger partial charge >= 0.3 is 0 Å². The highest BCUT2D eigenvalue weighted by atomic mass is 16.5. The van der Waals surface area contributed by atoms with E-state index in [9.17, 15) is 4.79 Å². The Kier molecular flexibility index (Phi) is 6.38. The molecule has 0 heterocycles. The van der Waals surface area contributed by atoms with Crippen molar-refractivity contribution in [3.63, 3.8) is 0 Å². The normalized spacial score (nSPS) is 14.7. The predicted molar refractivity (Wildman–Crippen MR) is 101 cm³/mol. The zero-order valence-electron chi connectivity index (χ0n) is 15.3. The quantitative estimate of drug-likeness (QED) is 0.848. The number of aryl methyl sites for hydroxylation is 1. The van der Waals surface area contributed by atoms with Gasteiger partial charge in [0.2, 0.25) is 0 Å². The van der Waals surface area contributed by atoms with Crippen molar-refractivity contribution in [2.24, 2.45) is 5.41 Å². The van der Waals surface area contributed by atoms with Crippen LogP contribution in [0.25, 0.3) is 10.8 Å². The molecule has 3 rings (SSSR count). The van der Waals surface area contributed by atoms with E-state index >= 15 is 0 Å².